The van der Waals surface area contributed by atoms with E-state index in [0.29, 0.717) is 31.3 Å². The molecule has 2 aromatic heterocycles. The van der Waals surface area contributed by atoms with E-state index in [0.717, 1.165) is 41.2 Å². The summed E-state index contributed by atoms with van der Waals surface area (Å²) in [6.07, 6.45) is 4.26. The molecule has 1 fully saturated rings. The van der Waals surface area contributed by atoms with Crippen molar-refractivity contribution in [3.05, 3.63) is 46.0 Å². The van der Waals surface area contributed by atoms with E-state index in [9.17, 15) is 4.79 Å². The summed E-state index contributed by atoms with van der Waals surface area (Å²) in [5, 5.41) is 8.38. The number of rotatable bonds is 4. The lowest BCUT2D eigenvalue weighted by atomic mass is 10.1. The second kappa shape index (κ2) is 7.40. The SMILES string of the molecule is COCc1nc2c(c(C)c1Cl)CN(C(=O)[C@@H]1CCN(c3ccnnc3)C1)C2. The van der Waals surface area contributed by atoms with Gasteiger partial charge in [0.05, 0.1) is 53.6 Å². The van der Waals surface area contributed by atoms with Crippen LogP contribution in [0.2, 0.25) is 5.02 Å². The molecule has 27 heavy (non-hydrogen) atoms. The number of fused-ring (bicyclic) bond motifs is 1. The Morgan fingerprint density at radius 2 is 2.22 bits per heavy atom. The fraction of sp³-hybridized carbons (Fsp3) is 0.474. The number of amides is 1. The molecule has 0 radical (unpaired) electrons. The van der Waals surface area contributed by atoms with E-state index in [1.165, 1.54) is 0 Å². The monoisotopic (exact) mass is 387 g/mol. The number of halogens is 1. The van der Waals surface area contributed by atoms with Gasteiger partial charge >= 0.3 is 0 Å². The smallest absolute Gasteiger partial charge is 0.228 e. The molecule has 1 atom stereocenters. The quantitative estimate of drug-likeness (QED) is 0.801. The van der Waals surface area contributed by atoms with E-state index in [2.05, 4.69) is 20.1 Å². The minimum Gasteiger partial charge on any atom is -0.378 e. The lowest BCUT2D eigenvalue weighted by Gasteiger charge is -2.21. The van der Waals surface area contributed by atoms with Gasteiger partial charge in [-0.1, -0.05) is 11.6 Å². The Balaban J connectivity index is 1.47. The van der Waals surface area contributed by atoms with Gasteiger partial charge in [-0.3, -0.25) is 9.78 Å². The molecule has 2 aromatic rings. The van der Waals surface area contributed by atoms with Crippen molar-refractivity contribution >= 4 is 23.2 Å². The van der Waals surface area contributed by atoms with Crippen molar-refractivity contribution in [1.29, 1.82) is 0 Å². The average molecular weight is 388 g/mol. The Morgan fingerprint density at radius 1 is 1.37 bits per heavy atom. The minimum absolute atomic E-state index is 0.0123. The van der Waals surface area contributed by atoms with E-state index in [1.54, 1.807) is 19.5 Å². The highest BCUT2D eigenvalue weighted by Crippen LogP contribution is 2.33. The lowest BCUT2D eigenvalue weighted by Crippen LogP contribution is -2.34. The van der Waals surface area contributed by atoms with E-state index >= 15 is 0 Å². The van der Waals surface area contributed by atoms with Crippen LogP contribution in [0, 0.1) is 12.8 Å². The normalized spacial score (nSPS) is 18.9. The summed E-state index contributed by atoms with van der Waals surface area (Å²) in [7, 11) is 1.63. The van der Waals surface area contributed by atoms with Crippen LogP contribution in [-0.4, -0.2) is 46.2 Å². The van der Waals surface area contributed by atoms with Gasteiger partial charge in [0.25, 0.3) is 0 Å². The molecule has 2 aliphatic rings. The van der Waals surface area contributed by atoms with Crippen molar-refractivity contribution in [2.24, 2.45) is 5.92 Å². The summed E-state index contributed by atoms with van der Waals surface area (Å²) < 4.78 is 5.19. The Morgan fingerprint density at radius 3 is 2.96 bits per heavy atom. The first-order valence-corrected chi connectivity index (χ1v) is 9.42. The first-order valence-electron chi connectivity index (χ1n) is 9.04. The maximum atomic E-state index is 13.1. The molecule has 4 heterocycles. The van der Waals surface area contributed by atoms with Gasteiger partial charge in [-0.05, 0) is 30.5 Å². The molecule has 0 saturated carbocycles. The maximum Gasteiger partial charge on any atom is 0.228 e. The van der Waals surface area contributed by atoms with Crippen LogP contribution in [0.25, 0.3) is 0 Å². The number of aromatic nitrogens is 3. The van der Waals surface area contributed by atoms with E-state index in [-0.39, 0.29) is 11.8 Å². The zero-order valence-electron chi connectivity index (χ0n) is 15.5. The van der Waals surface area contributed by atoms with Crippen LogP contribution in [-0.2, 0) is 29.2 Å². The number of pyridine rings is 1. The highest BCUT2D eigenvalue weighted by atomic mass is 35.5. The van der Waals surface area contributed by atoms with Gasteiger partial charge in [-0.15, -0.1) is 0 Å². The van der Waals surface area contributed by atoms with Gasteiger partial charge in [-0.25, -0.2) is 0 Å². The lowest BCUT2D eigenvalue weighted by molar-refractivity contribution is -0.135. The summed E-state index contributed by atoms with van der Waals surface area (Å²) >= 11 is 6.43. The third-order valence-electron chi connectivity index (χ3n) is 5.41. The average Bonchev–Trinajstić information content (AvgIpc) is 3.34. The zero-order valence-corrected chi connectivity index (χ0v) is 16.2. The van der Waals surface area contributed by atoms with E-state index in [1.807, 2.05) is 17.9 Å². The van der Waals surface area contributed by atoms with E-state index in [4.69, 9.17) is 16.3 Å². The summed E-state index contributed by atoms with van der Waals surface area (Å²) in [6.45, 7) is 5.04. The van der Waals surface area contributed by atoms with Crippen LogP contribution in [0.5, 0.6) is 0 Å². The predicted octanol–water partition coefficient (Wildman–Crippen LogP) is 2.35. The number of ether oxygens (including phenoxy) is 1. The molecular weight excluding hydrogens is 366 g/mol. The molecule has 7 nitrogen and oxygen atoms in total. The Hall–Kier alpha value is -2.25. The minimum atomic E-state index is -0.0123. The Bertz CT molecular complexity index is 861. The number of methoxy groups -OCH3 is 1. The molecule has 1 amide bonds. The predicted molar refractivity (Wildman–Crippen MR) is 101 cm³/mol. The fourth-order valence-electron chi connectivity index (χ4n) is 3.93. The van der Waals surface area contributed by atoms with Crippen LogP contribution in [0.15, 0.2) is 18.5 Å². The van der Waals surface area contributed by atoms with E-state index < -0.39 is 0 Å². The standard InChI is InChI=1S/C19H22ClN5O2/c1-12-15-9-25(10-16(15)23-17(11-27-2)18(12)20)19(26)13-4-6-24(8-13)14-3-5-21-22-7-14/h3,5,7,13H,4,6,8-11H2,1-2H3/t13-/m1/s1. The topological polar surface area (TPSA) is 71.5 Å². The molecule has 4 rings (SSSR count). The van der Waals surface area contributed by atoms with Crippen LogP contribution in [0.3, 0.4) is 0 Å². The fourth-order valence-corrected chi connectivity index (χ4v) is 4.14. The molecular formula is C19H22ClN5O2. The molecule has 0 N–H and O–H groups in total. The van der Waals surface area contributed by atoms with Gasteiger partial charge in [-0.2, -0.15) is 10.2 Å². The van der Waals surface area contributed by atoms with Crippen molar-refractivity contribution in [3.63, 3.8) is 0 Å². The number of anilines is 1. The van der Waals surface area contributed by atoms with Gasteiger partial charge in [0.15, 0.2) is 0 Å². The van der Waals surface area contributed by atoms with Crippen LogP contribution in [0.4, 0.5) is 5.69 Å². The van der Waals surface area contributed by atoms with Crippen molar-refractivity contribution in [1.82, 2.24) is 20.1 Å². The second-order valence-corrected chi connectivity index (χ2v) is 7.46. The molecule has 0 unspecified atom stereocenters. The molecule has 142 valence electrons. The number of carbonyl (C=O) groups is 1. The summed E-state index contributed by atoms with van der Waals surface area (Å²) in [5.74, 6) is 0.169. The first-order chi connectivity index (χ1) is 13.1. The molecule has 8 heteroatoms. The van der Waals surface area contributed by atoms with Gasteiger partial charge < -0.3 is 14.5 Å². The number of hydrogen-bond acceptors (Lipinski definition) is 6. The Labute approximate surface area is 163 Å². The van der Waals surface area contributed by atoms with Gasteiger partial charge in [0.1, 0.15) is 0 Å². The summed E-state index contributed by atoms with van der Waals surface area (Å²) in [4.78, 5) is 21.8. The van der Waals surface area contributed by atoms with Gasteiger partial charge in [0.2, 0.25) is 5.91 Å². The van der Waals surface area contributed by atoms with Crippen molar-refractivity contribution in [3.8, 4) is 0 Å². The molecule has 0 spiro atoms. The second-order valence-electron chi connectivity index (χ2n) is 7.08. The molecule has 2 aliphatic heterocycles. The highest BCUT2D eigenvalue weighted by molar-refractivity contribution is 6.32. The third-order valence-corrected chi connectivity index (χ3v) is 5.91. The molecule has 0 bridgehead atoms. The highest BCUT2D eigenvalue weighted by Gasteiger charge is 2.35. The summed E-state index contributed by atoms with van der Waals surface area (Å²) in [5.41, 5.74) is 4.76. The maximum absolute atomic E-state index is 13.1. The van der Waals surface area contributed by atoms with Crippen LogP contribution >= 0.6 is 11.6 Å². The Kier molecular flexibility index (Phi) is 4.97. The molecule has 1 saturated heterocycles. The van der Waals surface area contributed by atoms with Crippen molar-refractivity contribution in [2.75, 3.05) is 25.1 Å². The van der Waals surface area contributed by atoms with Gasteiger partial charge in [0, 0.05) is 26.7 Å². The number of carbonyl (C=O) groups excluding carboxylic acids is 1. The largest absolute Gasteiger partial charge is 0.378 e. The van der Waals surface area contributed by atoms with Crippen molar-refractivity contribution < 1.29 is 9.53 Å². The van der Waals surface area contributed by atoms with Crippen molar-refractivity contribution in [2.45, 2.75) is 33.0 Å². The number of hydrogen-bond donors (Lipinski definition) is 0. The van der Waals surface area contributed by atoms with Crippen LogP contribution in [0.1, 0.15) is 28.9 Å². The molecule has 0 aromatic carbocycles. The zero-order chi connectivity index (χ0) is 19.0. The first kappa shape index (κ1) is 18.1. The van der Waals surface area contributed by atoms with Crippen LogP contribution < -0.4 is 4.90 Å². The molecule has 0 aliphatic carbocycles. The third kappa shape index (κ3) is 3.37. The number of nitrogens with zero attached hydrogens (tertiary/aromatic N) is 5. The summed E-state index contributed by atoms with van der Waals surface area (Å²) in [6, 6.07) is 1.93.